The van der Waals surface area contributed by atoms with E-state index in [9.17, 15) is 4.79 Å². The van der Waals surface area contributed by atoms with Crippen LogP contribution >= 0.6 is 0 Å². The summed E-state index contributed by atoms with van der Waals surface area (Å²) in [6, 6.07) is 3.17. The number of pyridine rings is 1. The van der Waals surface area contributed by atoms with Gasteiger partial charge in [-0.25, -0.2) is 9.97 Å². The molecule has 0 aromatic carbocycles. The molecule has 0 radical (unpaired) electrons. The van der Waals surface area contributed by atoms with Crippen LogP contribution in [0.4, 0.5) is 0 Å². The van der Waals surface area contributed by atoms with Gasteiger partial charge >= 0.3 is 0 Å². The van der Waals surface area contributed by atoms with E-state index >= 15 is 0 Å². The van der Waals surface area contributed by atoms with Crippen LogP contribution in [-0.4, -0.2) is 31.0 Å². The van der Waals surface area contributed by atoms with E-state index in [-0.39, 0.29) is 11.7 Å². The predicted molar refractivity (Wildman–Crippen MR) is 68.8 cm³/mol. The maximum atomic E-state index is 12.1. The number of fused-ring (bicyclic) bond motifs is 1. The minimum absolute atomic E-state index is 0.196. The number of hydrogen-bond donors (Lipinski definition) is 2. The second-order valence-electron chi connectivity index (χ2n) is 4.33. The average Bonchev–Trinajstić information content (AvgIpc) is 3.04. The lowest BCUT2D eigenvalue weighted by Crippen LogP contribution is -2.27. The zero-order valence-corrected chi connectivity index (χ0v) is 10.9. The zero-order chi connectivity index (χ0) is 14.1. The smallest absolute Gasteiger partial charge is 0.287 e. The molecule has 0 bridgehead atoms. The van der Waals surface area contributed by atoms with Crippen molar-refractivity contribution < 1.29 is 9.32 Å². The van der Waals surface area contributed by atoms with Crippen molar-refractivity contribution in [2.75, 3.05) is 0 Å². The molecule has 0 unspecified atom stereocenters. The van der Waals surface area contributed by atoms with Crippen LogP contribution in [0.15, 0.2) is 22.9 Å². The van der Waals surface area contributed by atoms with Crippen molar-refractivity contribution >= 4 is 17.1 Å². The van der Waals surface area contributed by atoms with E-state index in [2.05, 4.69) is 30.4 Å². The number of H-pyrrole nitrogens is 1. The van der Waals surface area contributed by atoms with E-state index in [1.165, 1.54) is 0 Å². The number of amides is 1. The van der Waals surface area contributed by atoms with E-state index in [0.29, 0.717) is 22.9 Å². The monoisotopic (exact) mass is 272 g/mol. The van der Waals surface area contributed by atoms with Gasteiger partial charge in [-0.3, -0.25) is 4.79 Å². The van der Waals surface area contributed by atoms with Gasteiger partial charge in [-0.15, -0.1) is 0 Å². The normalized spacial score (nSPS) is 12.5. The van der Waals surface area contributed by atoms with Crippen LogP contribution in [0.2, 0.25) is 0 Å². The van der Waals surface area contributed by atoms with Crippen LogP contribution in [0.5, 0.6) is 0 Å². The lowest BCUT2D eigenvalue weighted by atomic mass is 10.3. The number of carbonyl (C=O) groups is 1. The third-order valence-corrected chi connectivity index (χ3v) is 2.73. The van der Waals surface area contributed by atoms with Gasteiger partial charge in [0.2, 0.25) is 5.89 Å². The van der Waals surface area contributed by atoms with E-state index in [1.807, 2.05) is 0 Å². The second-order valence-corrected chi connectivity index (χ2v) is 4.33. The topological polar surface area (TPSA) is 110 Å². The van der Waals surface area contributed by atoms with Crippen LogP contribution in [-0.2, 0) is 0 Å². The van der Waals surface area contributed by atoms with Crippen molar-refractivity contribution in [3.8, 4) is 0 Å². The van der Waals surface area contributed by atoms with E-state index in [1.54, 1.807) is 32.2 Å². The first-order valence-corrected chi connectivity index (χ1v) is 6.05. The molecule has 1 amide bonds. The Morgan fingerprint density at radius 3 is 3.00 bits per heavy atom. The second kappa shape index (κ2) is 4.72. The molecule has 0 aliphatic carbocycles. The maximum absolute atomic E-state index is 12.1. The quantitative estimate of drug-likeness (QED) is 0.739. The summed E-state index contributed by atoms with van der Waals surface area (Å²) in [5, 5.41) is 6.41. The molecule has 0 saturated heterocycles. The fraction of sp³-hybridized carbons (Fsp3) is 0.250. The van der Waals surface area contributed by atoms with Gasteiger partial charge in [0.1, 0.15) is 6.04 Å². The average molecular weight is 272 g/mol. The first-order valence-electron chi connectivity index (χ1n) is 6.05. The minimum Gasteiger partial charge on any atom is -0.338 e. The van der Waals surface area contributed by atoms with Crippen molar-refractivity contribution in [3.63, 3.8) is 0 Å². The molecule has 3 aromatic rings. The highest BCUT2D eigenvalue weighted by atomic mass is 16.5. The molecular weight excluding hydrogens is 260 g/mol. The molecule has 20 heavy (non-hydrogen) atoms. The Morgan fingerprint density at radius 1 is 1.45 bits per heavy atom. The number of imidazole rings is 1. The molecule has 1 atom stereocenters. The van der Waals surface area contributed by atoms with Crippen LogP contribution in [0, 0.1) is 6.92 Å². The number of aromatic nitrogens is 5. The van der Waals surface area contributed by atoms with Crippen LogP contribution in [0.25, 0.3) is 11.2 Å². The summed E-state index contributed by atoms with van der Waals surface area (Å²) in [6.45, 7) is 3.47. The number of aromatic amines is 1. The standard InChI is InChI=1S/C12H12N6O2/c1-6(12-15-7(2)18-20-12)14-11(19)10-16-8-4-3-5-13-9(8)17-10/h3-6H,1-2H3,(H,14,19)(H,13,16,17)/t6-/m0/s1. The highest BCUT2D eigenvalue weighted by Crippen LogP contribution is 2.11. The van der Waals surface area contributed by atoms with Gasteiger partial charge in [0.25, 0.3) is 5.91 Å². The van der Waals surface area contributed by atoms with Gasteiger partial charge < -0.3 is 14.8 Å². The number of aryl methyl sites for hydroxylation is 1. The Labute approximate surface area is 113 Å². The lowest BCUT2D eigenvalue weighted by Gasteiger charge is -2.07. The number of nitrogens with one attached hydrogen (secondary N) is 2. The summed E-state index contributed by atoms with van der Waals surface area (Å²) in [4.78, 5) is 27.2. The summed E-state index contributed by atoms with van der Waals surface area (Å²) in [7, 11) is 0. The highest BCUT2D eigenvalue weighted by Gasteiger charge is 2.18. The van der Waals surface area contributed by atoms with E-state index in [0.717, 1.165) is 0 Å². The third-order valence-electron chi connectivity index (χ3n) is 2.73. The minimum atomic E-state index is -0.398. The Morgan fingerprint density at radius 2 is 2.30 bits per heavy atom. The molecule has 0 aliphatic rings. The van der Waals surface area contributed by atoms with Gasteiger partial charge in [0.15, 0.2) is 17.3 Å². The Kier molecular flexibility index (Phi) is 2.90. The maximum Gasteiger partial charge on any atom is 0.287 e. The van der Waals surface area contributed by atoms with Gasteiger partial charge in [0, 0.05) is 6.20 Å². The van der Waals surface area contributed by atoms with E-state index in [4.69, 9.17) is 4.52 Å². The largest absolute Gasteiger partial charge is 0.338 e. The van der Waals surface area contributed by atoms with Crippen LogP contribution < -0.4 is 5.32 Å². The van der Waals surface area contributed by atoms with Gasteiger partial charge in [0.05, 0.1) is 5.52 Å². The molecule has 8 nitrogen and oxygen atoms in total. The Hall–Kier alpha value is -2.77. The third kappa shape index (κ3) is 2.22. The molecule has 2 N–H and O–H groups in total. The predicted octanol–water partition coefficient (Wildman–Crippen LogP) is 1.14. The number of nitrogens with zero attached hydrogens (tertiary/aromatic N) is 4. The molecule has 3 heterocycles. The molecule has 8 heteroatoms. The molecule has 3 aromatic heterocycles. The van der Waals surface area contributed by atoms with Crippen LogP contribution in [0.3, 0.4) is 0 Å². The highest BCUT2D eigenvalue weighted by molar-refractivity contribution is 5.93. The number of rotatable bonds is 3. The Balaban J connectivity index is 1.78. The molecular formula is C12H12N6O2. The van der Waals surface area contributed by atoms with Crippen molar-refractivity contribution in [2.45, 2.75) is 19.9 Å². The summed E-state index contributed by atoms with van der Waals surface area (Å²) < 4.78 is 5.00. The molecule has 0 aliphatic heterocycles. The zero-order valence-electron chi connectivity index (χ0n) is 10.9. The lowest BCUT2D eigenvalue weighted by molar-refractivity contribution is 0.0923. The summed E-state index contributed by atoms with van der Waals surface area (Å²) in [5.74, 6) is 0.715. The SMILES string of the molecule is Cc1noc([C@H](C)NC(=O)c2nc3ncccc3[nH]2)n1. The van der Waals surface area contributed by atoms with Crippen LogP contribution in [0.1, 0.15) is 35.3 Å². The van der Waals surface area contributed by atoms with Gasteiger partial charge in [-0.05, 0) is 26.0 Å². The van der Waals surface area contributed by atoms with Crippen molar-refractivity contribution in [1.82, 2.24) is 30.4 Å². The first-order chi connectivity index (χ1) is 9.63. The van der Waals surface area contributed by atoms with Crippen molar-refractivity contribution in [3.05, 3.63) is 35.9 Å². The molecule has 0 fully saturated rings. The Bertz CT molecular complexity index is 729. The number of hydrogen-bond acceptors (Lipinski definition) is 6. The van der Waals surface area contributed by atoms with Gasteiger partial charge in [-0.1, -0.05) is 5.16 Å². The van der Waals surface area contributed by atoms with Gasteiger partial charge in [-0.2, -0.15) is 4.98 Å². The number of carbonyl (C=O) groups excluding carboxylic acids is 1. The summed E-state index contributed by atoms with van der Waals surface area (Å²) in [6.07, 6.45) is 1.62. The molecule has 0 saturated carbocycles. The summed E-state index contributed by atoms with van der Waals surface area (Å²) in [5.41, 5.74) is 1.21. The molecule has 102 valence electrons. The molecule has 0 spiro atoms. The fourth-order valence-corrected chi connectivity index (χ4v) is 1.77. The summed E-state index contributed by atoms with van der Waals surface area (Å²) >= 11 is 0. The fourth-order valence-electron chi connectivity index (χ4n) is 1.77. The van der Waals surface area contributed by atoms with E-state index < -0.39 is 6.04 Å². The first kappa shape index (κ1) is 12.3. The van der Waals surface area contributed by atoms with Crippen molar-refractivity contribution in [1.29, 1.82) is 0 Å². The molecule has 3 rings (SSSR count). The van der Waals surface area contributed by atoms with Crippen molar-refractivity contribution in [2.24, 2.45) is 0 Å².